The third-order valence-electron chi connectivity index (χ3n) is 4.09. The molecule has 2 aromatic heterocycles. The van der Waals surface area contributed by atoms with E-state index >= 15 is 0 Å². The van der Waals surface area contributed by atoms with Gasteiger partial charge in [0, 0.05) is 11.6 Å². The van der Waals surface area contributed by atoms with Gasteiger partial charge < -0.3 is 5.32 Å². The molecule has 0 aliphatic rings. The number of aromatic nitrogens is 4. The Morgan fingerprint density at radius 1 is 1.17 bits per heavy atom. The first-order chi connectivity index (χ1) is 14.0. The maximum Gasteiger partial charge on any atom is 0.266 e. The van der Waals surface area contributed by atoms with E-state index in [0.717, 1.165) is 11.1 Å². The van der Waals surface area contributed by atoms with Crippen molar-refractivity contribution in [3.05, 3.63) is 75.5 Å². The van der Waals surface area contributed by atoms with Gasteiger partial charge in [0.25, 0.3) is 5.56 Å². The highest BCUT2D eigenvalue weighted by atomic mass is 35.5. The molecule has 0 aliphatic heterocycles. The molecule has 2 N–H and O–H groups in total. The van der Waals surface area contributed by atoms with Crippen molar-refractivity contribution in [2.75, 3.05) is 11.1 Å². The van der Waals surface area contributed by atoms with Crippen LogP contribution in [0.2, 0.25) is 5.02 Å². The lowest BCUT2D eigenvalue weighted by molar-refractivity contribution is -0.113. The number of nitrogens with zero attached hydrogens (tertiary/aromatic N) is 3. The zero-order chi connectivity index (χ0) is 20.4. The van der Waals surface area contributed by atoms with Gasteiger partial charge in [-0.05, 0) is 24.6 Å². The number of halogens is 1. The molecule has 2 heterocycles. The van der Waals surface area contributed by atoms with Crippen LogP contribution in [-0.2, 0) is 4.79 Å². The number of anilines is 1. The predicted octanol–water partition coefficient (Wildman–Crippen LogP) is 3.78. The number of aromatic amines is 1. The average molecular weight is 426 g/mol. The van der Waals surface area contributed by atoms with E-state index in [4.69, 9.17) is 11.6 Å². The second-order valence-corrected chi connectivity index (χ2v) is 7.68. The molecule has 0 atom stereocenters. The van der Waals surface area contributed by atoms with E-state index in [-0.39, 0.29) is 17.2 Å². The van der Waals surface area contributed by atoms with Crippen LogP contribution in [0.25, 0.3) is 17.0 Å². The lowest BCUT2D eigenvalue weighted by atomic mass is 10.2. The summed E-state index contributed by atoms with van der Waals surface area (Å²) in [4.78, 5) is 33.2. The monoisotopic (exact) mass is 425 g/mol. The number of aryl methyl sites for hydroxylation is 1. The lowest BCUT2D eigenvalue weighted by Crippen LogP contribution is -2.15. The van der Waals surface area contributed by atoms with Crippen LogP contribution >= 0.6 is 23.4 Å². The second-order valence-electron chi connectivity index (χ2n) is 6.33. The molecule has 0 bridgehead atoms. The quantitative estimate of drug-likeness (QED) is 0.475. The van der Waals surface area contributed by atoms with E-state index < -0.39 is 0 Å². The molecule has 1 amide bonds. The molecule has 2 aromatic carbocycles. The summed E-state index contributed by atoms with van der Waals surface area (Å²) < 4.78 is 1.48. The Labute approximate surface area is 175 Å². The van der Waals surface area contributed by atoms with Gasteiger partial charge in [-0.2, -0.15) is 0 Å². The number of carbonyl (C=O) groups excluding carboxylic acids is 1. The van der Waals surface area contributed by atoms with Crippen LogP contribution in [0.4, 0.5) is 5.69 Å². The van der Waals surface area contributed by atoms with Crippen molar-refractivity contribution in [2.45, 2.75) is 12.1 Å². The summed E-state index contributed by atoms with van der Waals surface area (Å²) in [5.41, 5.74) is 2.53. The van der Waals surface area contributed by atoms with Crippen LogP contribution < -0.4 is 10.9 Å². The number of carbonyl (C=O) groups is 1. The Bertz CT molecular complexity index is 1250. The van der Waals surface area contributed by atoms with Gasteiger partial charge in [0.2, 0.25) is 5.91 Å². The maximum absolute atomic E-state index is 12.4. The number of H-pyrrole nitrogens is 1. The Morgan fingerprint density at radius 2 is 1.97 bits per heavy atom. The van der Waals surface area contributed by atoms with Crippen molar-refractivity contribution in [3.63, 3.8) is 0 Å². The van der Waals surface area contributed by atoms with Gasteiger partial charge >= 0.3 is 0 Å². The number of hydrogen-bond donors (Lipinski definition) is 2. The van der Waals surface area contributed by atoms with Gasteiger partial charge in [-0.3, -0.25) is 14.7 Å². The standard InChI is InChI=1S/C20H16ClN5O2S/c1-12-7-8-15(14(21)9-12)22-18(28)11-29-20-24-19(13-5-3-2-4-6-13)23-16-10-17(27)25-26(16)20/h2-10H,11H2,1H3,(H,22,28)(H,25,27). The number of benzene rings is 2. The number of hydrogen-bond acceptors (Lipinski definition) is 5. The first-order valence-corrected chi connectivity index (χ1v) is 10.1. The highest BCUT2D eigenvalue weighted by molar-refractivity contribution is 7.99. The second kappa shape index (κ2) is 8.10. The summed E-state index contributed by atoms with van der Waals surface area (Å²) >= 11 is 7.37. The molecule has 7 nitrogen and oxygen atoms in total. The predicted molar refractivity (Wildman–Crippen MR) is 115 cm³/mol. The van der Waals surface area contributed by atoms with Crippen LogP contribution in [0.15, 0.2) is 64.5 Å². The summed E-state index contributed by atoms with van der Waals surface area (Å²) in [6, 6.07) is 16.3. The van der Waals surface area contributed by atoms with E-state index in [9.17, 15) is 9.59 Å². The molecule has 0 radical (unpaired) electrons. The van der Waals surface area contributed by atoms with Crippen LogP contribution in [0, 0.1) is 6.92 Å². The third kappa shape index (κ3) is 4.33. The zero-order valence-electron chi connectivity index (χ0n) is 15.3. The Morgan fingerprint density at radius 3 is 2.72 bits per heavy atom. The fourth-order valence-electron chi connectivity index (χ4n) is 2.73. The van der Waals surface area contributed by atoms with E-state index in [0.29, 0.717) is 27.3 Å². The molecule has 0 aliphatic carbocycles. The molecule has 0 saturated carbocycles. The molecule has 4 aromatic rings. The summed E-state index contributed by atoms with van der Waals surface area (Å²) in [5, 5.41) is 6.39. The molecule has 29 heavy (non-hydrogen) atoms. The summed E-state index contributed by atoms with van der Waals surface area (Å²) in [5.74, 6) is 0.336. The van der Waals surface area contributed by atoms with Gasteiger partial charge in [0.15, 0.2) is 16.6 Å². The minimum atomic E-state index is -0.290. The van der Waals surface area contributed by atoms with Gasteiger partial charge in [0.05, 0.1) is 16.5 Å². The fourth-order valence-corrected chi connectivity index (χ4v) is 3.77. The minimum absolute atomic E-state index is 0.0881. The molecule has 146 valence electrons. The normalized spacial score (nSPS) is 11.0. The van der Waals surface area contributed by atoms with Crippen molar-refractivity contribution in [3.8, 4) is 11.4 Å². The Balaban J connectivity index is 1.58. The van der Waals surface area contributed by atoms with Gasteiger partial charge in [-0.15, -0.1) is 0 Å². The molecular weight excluding hydrogens is 410 g/mol. The molecule has 0 spiro atoms. The van der Waals surface area contributed by atoms with E-state index in [2.05, 4.69) is 20.4 Å². The Hall–Kier alpha value is -3.10. The van der Waals surface area contributed by atoms with Crippen LogP contribution in [0.1, 0.15) is 5.56 Å². The smallest absolute Gasteiger partial charge is 0.266 e. The summed E-state index contributed by atoms with van der Waals surface area (Å²) in [6.45, 7) is 1.93. The Kier molecular flexibility index (Phi) is 5.37. The number of thioether (sulfide) groups is 1. The lowest BCUT2D eigenvalue weighted by Gasteiger charge is -2.09. The highest BCUT2D eigenvalue weighted by Crippen LogP contribution is 2.24. The largest absolute Gasteiger partial charge is 0.324 e. The summed E-state index contributed by atoms with van der Waals surface area (Å²) in [7, 11) is 0. The highest BCUT2D eigenvalue weighted by Gasteiger charge is 2.14. The van der Waals surface area contributed by atoms with E-state index in [1.54, 1.807) is 12.1 Å². The van der Waals surface area contributed by atoms with Crippen molar-refractivity contribution >= 4 is 40.6 Å². The van der Waals surface area contributed by atoms with Crippen molar-refractivity contribution < 1.29 is 4.79 Å². The van der Waals surface area contributed by atoms with Crippen LogP contribution in [0.5, 0.6) is 0 Å². The summed E-state index contributed by atoms with van der Waals surface area (Å²) in [6.07, 6.45) is 0. The SMILES string of the molecule is Cc1ccc(NC(=O)CSc2nc(-c3ccccc3)nc3cc(=O)[nH]n23)c(Cl)c1. The number of fused-ring (bicyclic) bond motifs is 1. The van der Waals surface area contributed by atoms with E-state index in [1.165, 1.54) is 22.3 Å². The van der Waals surface area contributed by atoms with E-state index in [1.807, 2.05) is 43.3 Å². The number of rotatable bonds is 5. The molecule has 4 rings (SSSR count). The van der Waals surface area contributed by atoms with Crippen LogP contribution in [0.3, 0.4) is 0 Å². The van der Waals surface area contributed by atoms with Crippen molar-refractivity contribution in [1.29, 1.82) is 0 Å². The van der Waals surface area contributed by atoms with Crippen molar-refractivity contribution in [2.24, 2.45) is 0 Å². The fraction of sp³-hybridized carbons (Fsp3) is 0.100. The first-order valence-electron chi connectivity index (χ1n) is 8.73. The first kappa shape index (κ1) is 19.2. The van der Waals surface area contributed by atoms with Gasteiger partial charge in [0.1, 0.15) is 0 Å². The molecular formula is C20H16ClN5O2S. The number of amides is 1. The molecule has 9 heteroatoms. The van der Waals surface area contributed by atoms with Crippen LogP contribution in [-0.4, -0.2) is 31.2 Å². The van der Waals surface area contributed by atoms with Gasteiger partial charge in [-0.1, -0.05) is 59.8 Å². The third-order valence-corrected chi connectivity index (χ3v) is 5.34. The average Bonchev–Trinajstić information content (AvgIpc) is 3.09. The zero-order valence-corrected chi connectivity index (χ0v) is 16.9. The minimum Gasteiger partial charge on any atom is -0.324 e. The van der Waals surface area contributed by atoms with Gasteiger partial charge in [-0.25, -0.2) is 14.5 Å². The molecule has 0 saturated heterocycles. The maximum atomic E-state index is 12.4. The topological polar surface area (TPSA) is 92.2 Å². The number of nitrogens with one attached hydrogen (secondary N) is 2. The molecule has 0 unspecified atom stereocenters. The van der Waals surface area contributed by atoms with Crippen molar-refractivity contribution in [1.82, 2.24) is 19.6 Å². The molecule has 0 fully saturated rings.